The van der Waals surface area contributed by atoms with Gasteiger partial charge in [-0.05, 0) is 12.3 Å². The summed E-state index contributed by atoms with van der Waals surface area (Å²) in [4.78, 5) is 0. The van der Waals surface area contributed by atoms with Gasteiger partial charge in [0.2, 0.25) is 0 Å². The molecule has 0 aromatic rings. The number of hydrogen-bond donors (Lipinski definition) is 2. The van der Waals surface area contributed by atoms with Gasteiger partial charge in [0.15, 0.2) is 0 Å². The standard InChI is InChI=1S/C12H26OS/c1-3-4-5-6-7-8-9-10-11(2)12(13)14/h11-14H,3-10H2,1-2H3. The Morgan fingerprint density at radius 2 is 1.50 bits per heavy atom. The Morgan fingerprint density at radius 3 is 2.00 bits per heavy atom. The summed E-state index contributed by atoms with van der Waals surface area (Å²) in [5, 5.41) is 9.16. The van der Waals surface area contributed by atoms with E-state index in [0.717, 1.165) is 6.42 Å². The van der Waals surface area contributed by atoms with Crippen LogP contribution in [0.2, 0.25) is 0 Å². The lowest BCUT2D eigenvalue weighted by atomic mass is 10.0. The van der Waals surface area contributed by atoms with E-state index in [1.807, 2.05) is 0 Å². The summed E-state index contributed by atoms with van der Waals surface area (Å²) in [6.07, 6.45) is 10.5. The second kappa shape index (κ2) is 9.85. The second-order valence-electron chi connectivity index (χ2n) is 4.30. The van der Waals surface area contributed by atoms with Crippen molar-refractivity contribution < 1.29 is 5.11 Å². The summed E-state index contributed by atoms with van der Waals surface area (Å²) in [7, 11) is 0. The molecule has 14 heavy (non-hydrogen) atoms. The van der Waals surface area contributed by atoms with Crippen LogP contribution in [0.25, 0.3) is 0 Å². The van der Waals surface area contributed by atoms with Crippen LogP contribution in [0.3, 0.4) is 0 Å². The molecule has 0 heterocycles. The van der Waals surface area contributed by atoms with Crippen LogP contribution in [0.4, 0.5) is 0 Å². The van der Waals surface area contributed by atoms with Crippen LogP contribution < -0.4 is 0 Å². The van der Waals surface area contributed by atoms with Crippen molar-refractivity contribution in [3.8, 4) is 0 Å². The summed E-state index contributed by atoms with van der Waals surface area (Å²) >= 11 is 4.02. The highest BCUT2D eigenvalue weighted by atomic mass is 32.1. The Balaban J connectivity index is 3.06. The highest BCUT2D eigenvalue weighted by Gasteiger charge is 2.07. The van der Waals surface area contributed by atoms with Gasteiger partial charge in [0, 0.05) is 0 Å². The van der Waals surface area contributed by atoms with Gasteiger partial charge in [-0.15, -0.1) is 12.6 Å². The predicted octanol–water partition coefficient (Wildman–Crippen LogP) is 4.01. The minimum Gasteiger partial charge on any atom is -0.382 e. The number of hydrogen-bond acceptors (Lipinski definition) is 2. The molecule has 2 unspecified atom stereocenters. The minimum absolute atomic E-state index is 0.342. The van der Waals surface area contributed by atoms with Crippen molar-refractivity contribution in [3.05, 3.63) is 0 Å². The molecule has 0 radical (unpaired) electrons. The van der Waals surface area contributed by atoms with Gasteiger partial charge >= 0.3 is 0 Å². The van der Waals surface area contributed by atoms with E-state index in [1.165, 1.54) is 44.9 Å². The molecule has 0 amide bonds. The van der Waals surface area contributed by atoms with Crippen molar-refractivity contribution in [3.63, 3.8) is 0 Å². The molecule has 0 aliphatic rings. The summed E-state index contributed by atoms with van der Waals surface area (Å²) in [5.41, 5.74) is -0.435. The minimum atomic E-state index is -0.435. The lowest BCUT2D eigenvalue weighted by molar-refractivity contribution is 0.195. The molecule has 0 spiro atoms. The van der Waals surface area contributed by atoms with Crippen molar-refractivity contribution in [2.75, 3.05) is 0 Å². The van der Waals surface area contributed by atoms with Crippen LogP contribution in [0.15, 0.2) is 0 Å². The normalized spacial score (nSPS) is 15.4. The monoisotopic (exact) mass is 218 g/mol. The van der Waals surface area contributed by atoms with Gasteiger partial charge in [-0.25, -0.2) is 0 Å². The molecule has 2 heteroatoms. The SMILES string of the molecule is CCCCCCCCCC(C)C(O)S. The Labute approximate surface area is 94.7 Å². The zero-order valence-corrected chi connectivity index (χ0v) is 10.6. The third kappa shape index (κ3) is 8.89. The third-order valence-electron chi connectivity index (χ3n) is 2.77. The Bertz CT molecular complexity index is 115. The fourth-order valence-electron chi connectivity index (χ4n) is 1.57. The number of aliphatic hydroxyl groups is 1. The zero-order chi connectivity index (χ0) is 10.8. The largest absolute Gasteiger partial charge is 0.382 e. The number of thiol groups is 1. The molecule has 0 rings (SSSR count). The first kappa shape index (κ1) is 14.3. The van der Waals surface area contributed by atoms with Gasteiger partial charge in [0.1, 0.15) is 0 Å². The van der Waals surface area contributed by atoms with E-state index in [9.17, 15) is 0 Å². The van der Waals surface area contributed by atoms with Gasteiger partial charge in [0.05, 0.1) is 5.44 Å². The van der Waals surface area contributed by atoms with Crippen LogP contribution in [0.1, 0.15) is 65.2 Å². The molecule has 0 aliphatic carbocycles. The van der Waals surface area contributed by atoms with Gasteiger partial charge in [-0.1, -0.05) is 58.8 Å². The van der Waals surface area contributed by atoms with Gasteiger partial charge in [-0.2, -0.15) is 0 Å². The average Bonchev–Trinajstić information content (AvgIpc) is 2.16. The molecule has 0 bridgehead atoms. The maximum absolute atomic E-state index is 9.16. The lowest BCUT2D eigenvalue weighted by Crippen LogP contribution is -2.09. The highest BCUT2D eigenvalue weighted by Crippen LogP contribution is 2.16. The molecule has 0 saturated carbocycles. The van der Waals surface area contributed by atoms with Gasteiger partial charge in [-0.3, -0.25) is 0 Å². The average molecular weight is 218 g/mol. The van der Waals surface area contributed by atoms with Crippen molar-refractivity contribution in [1.82, 2.24) is 0 Å². The van der Waals surface area contributed by atoms with Crippen molar-refractivity contribution >= 4 is 12.6 Å². The van der Waals surface area contributed by atoms with E-state index in [2.05, 4.69) is 26.5 Å². The maximum Gasteiger partial charge on any atom is 0.0990 e. The van der Waals surface area contributed by atoms with E-state index >= 15 is 0 Å². The van der Waals surface area contributed by atoms with Crippen molar-refractivity contribution in [1.29, 1.82) is 0 Å². The van der Waals surface area contributed by atoms with Crippen LogP contribution in [-0.2, 0) is 0 Å². The van der Waals surface area contributed by atoms with Gasteiger partial charge in [0.25, 0.3) is 0 Å². The first-order chi connectivity index (χ1) is 6.68. The third-order valence-corrected chi connectivity index (χ3v) is 3.28. The summed E-state index contributed by atoms with van der Waals surface area (Å²) < 4.78 is 0. The molecule has 0 aliphatic heterocycles. The molecular formula is C12H26OS. The number of unbranched alkanes of at least 4 members (excludes halogenated alkanes) is 6. The predicted molar refractivity (Wildman–Crippen MR) is 66.8 cm³/mol. The smallest absolute Gasteiger partial charge is 0.0990 e. The zero-order valence-electron chi connectivity index (χ0n) is 9.71. The number of aliphatic hydroxyl groups excluding tert-OH is 1. The van der Waals surface area contributed by atoms with Crippen molar-refractivity contribution in [2.45, 2.75) is 70.7 Å². The van der Waals surface area contributed by atoms with E-state index in [1.54, 1.807) is 0 Å². The van der Waals surface area contributed by atoms with Crippen LogP contribution in [0, 0.1) is 5.92 Å². The molecule has 2 atom stereocenters. The Morgan fingerprint density at radius 1 is 1.00 bits per heavy atom. The molecule has 86 valence electrons. The molecule has 1 nitrogen and oxygen atoms in total. The summed E-state index contributed by atoms with van der Waals surface area (Å²) in [6, 6.07) is 0. The van der Waals surface area contributed by atoms with Crippen LogP contribution >= 0.6 is 12.6 Å². The first-order valence-electron chi connectivity index (χ1n) is 6.04. The maximum atomic E-state index is 9.16. The number of rotatable bonds is 9. The molecule has 1 N–H and O–H groups in total. The summed E-state index contributed by atoms with van der Waals surface area (Å²) in [6.45, 7) is 4.31. The fourth-order valence-corrected chi connectivity index (χ4v) is 1.72. The van der Waals surface area contributed by atoms with Crippen molar-refractivity contribution in [2.24, 2.45) is 5.92 Å². The highest BCUT2D eigenvalue weighted by molar-refractivity contribution is 7.80. The molecule has 0 saturated heterocycles. The van der Waals surface area contributed by atoms with E-state index in [0.29, 0.717) is 5.92 Å². The van der Waals surface area contributed by atoms with E-state index in [4.69, 9.17) is 5.11 Å². The van der Waals surface area contributed by atoms with Crippen LogP contribution in [0.5, 0.6) is 0 Å². The van der Waals surface area contributed by atoms with E-state index < -0.39 is 5.44 Å². The molecule has 0 aromatic carbocycles. The fraction of sp³-hybridized carbons (Fsp3) is 1.00. The first-order valence-corrected chi connectivity index (χ1v) is 6.56. The Kier molecular flexibility index (Phi) is 10.1. The quantitative estimate of drug-likeness (QED) is 0.340. The van der Waals surface area contributed by atoms with Gasteiger partial charge < -0.3 is 5.11 Å². The summed E-state index contributed by atoms with van der Waals surface area (Å²) in [5.74, 6) is 0.342. The molecule has 0 fully saturated rings. The topological polar surface area (TPSA) is 20.2 Å². The van der Waals surface area contributed by atoms with E-state index in [-0.39, 0.29) is 0 Å². The molecule has 0 aromatic heterocycles. The lowest BCUT2D eigenvalue weighted by Gasteiger charge is -2.12. The second-order valence-corrected chi connectivity index (χ2v) is 4.83. The molecular weight excluding hydrogens is 192 g/mol. The van der Waals surface area contributed by atoms with Crippen LogP contribution in [-0.4, -0.2) is 10.5 Å². The Hall–Kier alpha value is 0.310.